The van der Waals surface area contributed by atoms with Gasteiger partial charge >= 0.3 is 0 Å². The van der Waals surface area contributed by atoms with Crippen molar-refractivity contribution < 1.29 is 13.9 Å². The lowest BCUT2D eigenvalue weighted by Gasteiger charge is -2.12. The second-order valence-corrected chi connectivity index (χ2v) is 2.91. The summed E-state index contributed by atoms with van der Waals surface area (Å²) in [5.74, 6) is -0.124. The van der Waals surface area contributed by atoms with E-state index in [9.17, 15) is 8.78 Å². The van der Waals surface area contributed by atoms with Gasteiger partial charge in [-0.2, -0.15) is 0 Å². The third kappa shape index (κ3) is 1.93. The van der Waals surface area contributed by atoms with Crippen LogP contribution in [0.5, 0.6) is 0 Å². The molecule has 14 heavy (non-hydrogen) atoms. The van der Waals surface area contributed by atoms with Crippen LogP contribution >= 0.6 is 11.6 Å². The van der Waals surface area contributed by atoms with Crippen molar-refractivity contribution in [3.05, 3.63) is 23.0 Å². The first-order chi connectivity index (χ1) is 6.61. The molecule has 78 valence electrons. The molecule has 3 nitrogen and oxygen atoms in total. The van der Waals surface area contributed by atoms with Crippen molar-refractivity contribution in [1.82, 2.24) is 4.98 Å². The molecule has 0 aliphatic rings. The number of hydrogen-bond acceptors (Lipinski definition) is 3. The van der Waals surface area contributed by atoms with Crippen LogP contribution in [-0.4, -0.2) is 10.1 Å². The summed E-state index contributed by atoms with van der Waals surface area (Å²) in [5.41, 5.74) is 5.25. The molecule has 0 spiro atoms. The Hall–Kier alpha value is -0.940. The summed E-state index contributed by atoms with van der Waals surface area (Å²) >= 11 is 5.49. The molecule has 0 amide bonds. The molecule has 0 bridgehead atoms. The molecule has 0 fully saturated rings. The van der Waals surface area contributed by atoms with E-state index in [0.717, 1.165) is 0 Å². The second kappa shape index (κ2) is 4.52. The van der Waals surface area contributed by atoms with E-state index in [1.807, 2.05) is 0 Å². The number of aromatic nitrogens is 1. The Labute approximate surface area is 84.5 Å². The topological polar surface area (TPSA) is 59.1 Å². The van der Waals surface area contributed by atoms with Crippen LogP contribution in [0.4, 0.5) is 14.5 Å². The van der Waals surface area contributed by atoms with Crippen LogP contribution in [0, 0.1) is 0 Å². The van der Waals surface area contributed by atoms with Crippen LogP contribution in [0.3, 0.4) is 0 Å². The molecule has 0 unspecified atom stereocenters. The summed E-state index contributed by atoms with van der Waals surface area (Å²) in [6.45, 7) is -0.552. The minimum atomic E-state index is -2.73. The van der Waals surface area contributed by atoms with Crippen LogP contribution in [0.15, 0.2) is 6.20 Å². The van der Waals surface area contributed by atoms with E-state index >= 15 is 0 Å². The average molecular weight is 223 g/mol. The Kier molecular flexibility index (Phi) is 3.60. The summed E-state index contributed by atoms with van der Waals surface area (Å²) in [6.07, 6.45) is -1.52. The van der Waals surface area contributed by atoms with Gasteiger partial charge in [0.05, 0.1) is 30.1 Å². The number of aliphatic hydroxyl groups is 1. The van der Waals surface area contributed by atoms with Crippen molar-refractivity contribution in [2.24, 2.45) is 0 Å². The molecule has 6 heteroatoms. The van der Waals surface area contributed by atoms with E-state index in [0.29, 0.717) is 0 Å². The maximum Gasteiger partial charge on any atom is 0.266 e. The maximum atomic E-state index is 12.6. The highest BCUT2D eigenvalue weighted by Gasteiger charge is 2.20. The lowest BCUT2D eigenvalue weighted by Crippen LogP contribution is -2.06. The predicted molar refractivity (Wildman–Crippen MR) is 49.1 cm³/mol. The van der Waals surface area contributed by atoms with E-state index in [-0.39, 0.29) is 28.4 Å². The average Bonchev–Trinajstić information content (AvgIpc) is 2.17. The van der Waals surface area contributed by atoms with Gasteiger partial charge in [0.15, 0.2) is 0 Å². The van der Waals surface area contributed by atoms with Gasteiger partial charge in [-0.15, -0.1) is 11.6 Å². The molecule has 1 heterocycles. The largest absolute Gasteiger partial charge is 0.397 e. The third-order valence-electron chi connectivity index (χ3n) is 1.85. The smallest absolute Gasteiger partial charge is 0.266 e. The number of nitrogen functional groups attached to an aromatic ring is 1. The molecule has 0 aromatic carbocycles. The lowest BCUT2D eigenvalue weighted by atomic mass is 10.1. The zero-order valence-electron chi connectivity index (χ0n) is 7.17. The monoisotopic (exact) mass is 222 g/mol. The van der Waals surface area contributed by atoms with E-state index in [4.69, 9.17) is 22.4 Å². The van der Waals surface area contributed by atoms with Gasteiger partial charge in [-0.05, 0) is 0 Å². The lowest BCUT2D eigenvalue weighted by molar-refractivity contribution is 0.145. The van der Waals surface area contributed by atoms with E-state index < -0.39 is 13.0 Å². The van der Waals surface area contributed by atoms with Crippen molar-refractivity contribution in [3.63, 3.8) is 0 Å². The van der Waals surface area contributed by atoms with Crippen molar-refractivity contribution in [3.8, 4) is 0 Å². The Morgan fingerprint density at radius 1 is 1.57 bits per heavy atom. The van der Waals surface area contributed by atoms with Gasteiger partial charge in [-0.3, -0.25) is 4.98 Å². The Morgan fingerprint density at radius 3 is 2.64 bits per heavy atom. The van der Waals surface area contributed by atoms with Gasteiger partial charge in [-0.25, -0.2) is 8.78 Å². The van der Waals surface area contributed by atoms with Gasteiger partial charge < -0.3 is 10.8 Å². The molecule has 0 saturated carbocycles. The van der Waals surface area contributed by atoms with E-state index in [2.05, 4.69) is 4.98 Å². The van der Waals surface area contributed by atoms with Gasteiger partial charge in [-0.1, -0.05) is 0 Å². The number of pyridine rings is 1. The van der Waals surface area contributed by atoms with E-state index in [1.54, 1.807) is 0 Å². The summed E-state index contributed by atoms with van der Waals surface area (Å²) in [7, 11) is 0. The molecular weight excluding hydrogens is 214 g/mol. The number of hydrogen-bond donors (Lipinski definition) is 2. The predicted octanol–water partition coefficient (Wildman–Crippen LogP) is 1.83. The Bertz CT molecular complexity index is 333. The van der Waals surface area contributed by atoms with Crippen LogP contribution in [-0.2, 0) is 12.5 Å². The fraction of sp³-hybridized carbons (Fsp3) is 0.375. The van der Waals surface area contributed by atoms with Gasteiger partial charge in [0.2, 0.25) is 0 Å². The number of rotatable bonds is 3. The highest BCUT2D eigenvalue weighted by atomic mass is 35.5. The Balaban J connectivity index is 3.36. The van der Waals surface area contributed by atoms with Crippen molar-refractivity contribution >= 4 is 17.3 Å². The molecule has 0 saturated heterocycles. The number of nitrogens with zero attached hydrogens (tertiary/aromatic N) is 1. The quantitative estimate of drug-likeness (QED) is 0.768. The molecule has 0 aliphatic heterocycles. The van der Waals surface area contributed by atoms with Crippen LogP contribution < -0.4 is 5.73 Å². The minimum Gasteiger partial charge on any atom is -0.397 e. The van der Waals surface area contributed by atoms with Crippen LogP contribution in [0.1, 0.15) is 23.2 Å². The molecule has 0 aliphatic carbocycles. The molecule has 3 N–H and O–H groups in total. The fourth-order valence-corrected chi connectivity index (χ4v) is 1.46. The summed E-state index contributed by atoms with van der Waals surface area (Å²) in [5, 5.41) is 8.80. The highest BCUT2D eigenvalue weighted by Crippen LogP contribution is 2.30. The number of nitrogens with two attached hydrogens (primary N) is 1. The van der Waals surface area contributed by atoms with Gasteiger partial charge in [0.25, 0.3) is 6.43 Å². The zero-order valence-corrected chi connectivity index (χ0v) is 7.93. The number of anilines is 1. The summed E-state index contributed by atoms with van der Waals surface area (Å²) in [4.78, 5) is 3.61. The standard InChI is InChI=1S/C8H9ClF2N2O/c9-1-4-5(12)2-13-6(3-14)7(4)8(10)11/h2,8,14H,1,3,12H2. The number of aliphatic hydroxyl groups excluding tert-OH is 1. The van der Waals surface area contributed by atoms with Crippen molar-refractivity contribution in [2.75, 3.05) is 5.73 Å². The highest BCUT2D eigenvalue weighted by molar-refractivity contribution is 6.17. The van der Waals surface area contributed by atoms with Crippen LogP contribution in [0.25, 0.3) is 0 Å². The molecular formula is C8H9ClF2N2O. The number of halogens is 3. The van der Waals surface area contributed by atoms with Crippen molar-refractivity contribution in [1.29, 1.82) is 0 Å². The van der Waals surface area contributed by atoms with Crippen molar-refractivity contribution in [2.45, 2.75) is 18.9 Å². The zero-order chi connectivity index (χ0) is 10.7. The minimum absolute atomic E-state index is 0.0788. The van der Waals surface area contributed by atoms with Gasteiger partial charge in [0, 0.05) is 11.1 Å². The molecule has 1 aromatic heterocycles. The van der Waals surface area contributed by atoms with E-state index in [1.165, 1.54) is 6.20 Å². The summed E-state index contributed by atoms with van der Waals surface area (Å²) in [6, 6.07) is 0. The molecule has 0 atom stereocenters. The Morgan fingerprint density at radius 2 is 2.21 bits per heavy atom. The molecule has 1 aromatic rings. The first-order valence-electron chi connectivity index (χ1n) is 3.82. The molecule has 1 rings (SSSR count). The normalized spacial score (nSPS) is 10.9. The fourth-order valence-electron chi connectivity index (χ4n) is 1.16. The van der Waals surface area contributed by atoms with Gasteiger partial charge in [0.1, 0.15) is 0 Å². The SMILES string of the molecule is Nc1cnc(CO)c(C(F)F)c1CCl. The molecule has 0 radical (unpaired) electrons. The van der Waals surface area contributed by atoms with Crippen LogP contribution in [0.2, 0.25) is 0 Å². The third-order valence-corrected chi connectivity index (χ3v) is 2.11. The summed E-state index contributed by atoms with van der Waals surface area (Å²) < 4.78 is 25.2. The second-order valence-electron chi connectivity index (χ2n) is 2.64. The first kappa shape index (κ1) is 11.1. The first-order valence-corrected chi connectivity index (χ1v) is 4.36. The number of alkyl halides is 3. The maximum absolute atomic E-state index is 12.6.